The lowest BCUT2D eigenvalue weighted by molar-refractivity contribution is 1.55. The van der Waals surface area contributed by atoms with Gasteiger partial charge in [0.25, 0.3) is 0 Å². The zero-order valence-corrected chi connectivity index (χ0v) is 7.25. The summed E-state index contributed by atoms with van der Waals surface area (Å²) in [6.45, 7) is 5.68. The molecule has 1 heteroatoms. The molecule has 0 aliphatic rings. The Bertz CT molecular complexity index is 311. The number of hydrogen-bond acceptors (Lipinski definition) is 1. The zero-order valence-electron chi connectivity index (χ0n) is 7.25. The van der Waals surface area contributed by atoms with E-state index in [2.05, 4.69) is 6.58 Å². The second-order valence-corrected chi connectivity index (χ2v) is 2.72. The maximum Gasteiger partial charge on any atom is 0.0387 e. The predicted octanol–water partition coefficient (Wildman–Crippen LogP) is 2.86. The third kappa shape index (κ3) is 1.99. The van der Waals surface area contributed by atoms with Crippen molar-refractivity contribution in [1.82, 2.24) is 0 Å². The Morgan fingerprint density at radius 1 is 1.42 bits per heavy atom. The molecule has 1 aromatic rings. The molecular formula is C11H13N. The van der Waals surface area contributed by atoms with Crippen molar-refractivity contribution >= 4 is 11.8 Å². The van der Waals surface area contributed by atoms with Crippen LogP contribution in [0.3, 0.4) is 0 Å². The van der Waals surface area contributed by atoms with Gasteiger partial charge in [0.1, 0.15) is 0 Å². The van der Waals surface area contributed by atoms with Crippen LogP contribution in [0.1, 0.15) is 12.5 Å². The standard InChI is InChI=1S/C11H13N/c1-3-9(2)8-10-6-4-5-7-11(10)12/h3-8H,1,12H2,2H3/b9-8-. The van der Waals surface area contributed by atoms with Crippen LogP contribution in [-0.4, -0.2) is 0 Å². The largest absolute Gasteiger partial charge is 0.398 e. The van der Waals surface area contributed by atoms with Crippen molar-refractivity contribution in [2.75, 3.05) is 5.73 Å². The lowest BCUT2D eigenvalue weighted by Gasteiger charge is -1.99. The highest BCUT2D eigenvalue weighted by Crippen LogP contribution is 2.14. The summed E-state index contributed by atoms with van der Waals surface area (Å²) >= 11 is 0. The Morgan fingerprint density at radius 3 is 2.67 bits per heavy atom. The van der Waals surface area contributed by atoms with E-state index < -0.39 is 0 Å². The van der Waals surface area contributed by atoms with Crippen LogP contribution in [0.2, 0.25) is 0 Å². The molecule has 0 unspecified atom stereocenters. The summed E-state index contributed by atoms with van der Waals surface area (Å²) < 4.78 is 0. The monoisotopic (exact) mass is 159 g/mol. The van der Waals surface area contributed by atoms with Gasteiger partial charge >= 0.3 is 0 Å². The second-order valence-electron chi connectivity index (χ2n) is 2.72. The Kier molecular flexibility index (Phi) is 2.70. The number of anilines is 1. The van der Waals surface area contributed by atoms with E-state index >= 15 is 0 Å². The fourth-order valence-corrected chi connectivity index (χ4v) is 0.947. The first kappa shape index (κ1) is 8.60. The van der Waals surface area contributed by atoms with Crippen molar-refractivity contribution < 1.29 is 0 Å². The van der Waals surface area contributed by atoms with E-state index in [4.69, 9.17) is 5.73 Å². The Hall–Kier alpha value is -1.50. The number of hydrogen-bond donors (Lipinski definition) is 1. The van der Waals surface area contributed by atoms with Crippen molar-refractivity contribution in [2.45, 2.75) is 6.92 Å². The van der Waals surface area contributed by atoms with E-state index in [9.17, 15) is 0 Å². The van der Waals surface area contributed by atoms with Crippen LogP contribution in [0.5, 0.6) is 0 Å². The Morgan fingerprint density at radius 2 is 2.08 bits per heavy atom. The SMILES string of the molecule is C=C/C(C)=C\c1ccccc1N. The molecule has 0 aromatic heterocycles. The van der Waals surface area contributed by atoms with E-state index in [-0.39, 0.29) is 0 Å². The van der Waals surface area contributed by atoms with Crippen LogP contribution >= 0.6 is 0 Å². The van der Waals surface area contributed by atoms with Gasteiger partial charge in [-0.2, -0.15) is 0 Å². The smallest absolute Gasteiger partial charge is 0.0387 e. The number of rotatable bonds is 2. The van der Waals surface area contributed by atoms with Crippen molar-refractivity contribution in [3.63, 3.8) is 0 Å². The summed E-state index contributed by atoms with van der Waals surface area (Å²) in [5.41, 5.74) is 8.72. The summed E-state index contributed by atoms with van der Waals surface area (Å²) in [6.07, 6.45) is 3.83. The van der Waals surface area contributed by atoms with Crippen molar-refractivity contribution in [3.8, 4) is 0 Å². The van der Waals surface area contributed by atoms with E-state index in [1.165, 1.54) is 0 Å². The van der Waals surface area contributed by atoms with Crippen LogP contribution in [0.4, 0.5) is 5.69 Å². The first-order valence-electron chi connectivity index (χ1n) is 3.89. The van der Waals surface area contributed by atoms with Gasteiger partial charge in [-0.1, -0.05) is 36.4 Å². The van der Waals surface area contributed by atoms with E-state index in [0.29, 0.717) is 0 Å². The molecule has 0 aliphatic heterocycles. The van der Waals surface area contributed by atoms with Crippen molar-refractivity contribution in [3.05, 3.63) is 48.1 Å². The number of allylic oxidation sites excluding steroid dienone is 2. The molecule has 0 bridgehead atoms. The minimum absolute atomic E-state index is 0.804. The summed E-state index contributed by atoms with van der Waals surface area (Å²) in [5.74, 6) is 0. The van der Waals surface area contributed by atoms with Gasteiger partial charge < -0.3 is 5.73 Å². The van der Waals surface area contributed by atoms with Crippen LogP contribution < -0.4 is 5.73 Å². The van der Waals surface area contributed by atoms with Crippen LogP contribution in [0, 0.1) is 0 Å². The Labute approximate surface area is 73.2 Å². The van der Waals surface area contributed by atoms with Gasteiger partial charge in [0.05, 0.1) is 0 Å². The molecule has 0 heterocycles. The lowest BCUT2D eigenvalue weighted by Crippen LogP contribution is -1.87. The van der Waals surface area contributed by atoms with Crippen LogP contribution in [0.15, 0.2) is 42.5 Å². The first-order chi connectivity index (χ1) is 5.74. The predicted molar refractivity (Wildman–Crippen MR) is 54.7 cm³/mol. The van der Waals surface area contributed by atoms with E-state index in [0.717, 1.165) is 16.8 Å². The third-order valence-corrected chi connectivity index (χ3v) is 1.70. The molecule has 1 nitrogen and oxygen atoms in total. The van der Waals surface area contributed by atoms with Crippen LogP contribution in [-0.2, 0) is 0 Å². The molecular weight excluding hydrogens is 146 g/mol. The number of benzene rings is 1. The average molecular weight is 159 g/mol. The van der Waals surface area contributed by atoms with Gasteiger partial charge in [-0.25, -0.2) is 0 Å². The van der Waals surface area contributed by atoms with Gasteiger partial charge in [0.2, 0.25) is 0 Å². The van der Waals surface area contributed by atoms with Gasteiger partial charge in [-0.15, -0.1) is 0 Å². The summed E-state index contributed by atoms with van der Waals surface area (Å²) in [7, 11) is 0. The molecule has 1 aromatic carbocycles. The summed E-state index contributed by atoms with van der Waals surface area (Å²) in [4.78, 5) is 0. The fraction of sp³-hybridized carbons (Fsp3) is 0.0909. The average Bonchev–Trinajstić information content (AvgIpc) is 2.09. The number of para-hydroxylation sites is 1. The second kappa shape index (κ2) is 3.77. The normalized spacial score (nSPS) is 11.2. The van der Waals surface area contributed by atoms with E-state index in [1.54, 1.807) is 0 Å². The highest BCUT2D eigenvalue weighted by atomic mass is 14.5. The minimum atomic E-state index is 0.804. The number of nitrogen functional groups attached to an aromatic ring is 1. The molecule has 0 fully saturated rings. The third-order valence-electron chi connectivity index (χ3n) is 1.70. The fourth-order valence-electron chi connectivity index (χ4n) is 0.947. The van der Waals surface area contributed by atoms with Gasteiger partial charge in [0, 0.05) is 5.69 Å². The molecule has 0 aliphatic carbocycles. The minimum Gasteiger partial charge on any atom is -0.398 e. The highest BCUT2D eigenvalue weighted by molar-refractivity contribution is 5.66. The van der Waals surface area contributed by atoms with E-state index in [1.807, 2.05) is 43.3 Å². The number of nitrogens with two attached hydrogens (primary N) is 1. The first-order valence-corrected chi connectivity index (χ1v) is 3.89. The summed E-state index contributed by atoms with van der Waals surface area (Å²) in [6, 6.07) is 7.78. The molecule has 62 valence electrons. The van der Waals surface area contributed by atoms with Crippen molar-refractivity contribution in [1.29, 1.82) is 0 Å². The Balaban J connectivity index is 3.04. The highest BCUT2D eigenvalue weighted by Gasteiger charge is 1.91. The molecule has 1 rings (SSSR count). The maximum absolute atomic E-state index is 5.74. The molecule has 0 saturated carbocycles. The summed E-state index contributed by atoms with van der Waals surface area (Å²) in [5, 5.41) is 0. The van der Waals surface area contributed by atoms with Gasteiger partial charge in [-0.05, 0) is 24.6 Å². The lowest BCUT2D eigenvalue weighted by atomic mass is 10.1. The van der Waals surface area contributed by atoms with Crippen molar-refractivity contribution in [2.24, 2.45) is 0 Å². The van der Waals surface area contributed by atoms with Gasteiger partial charge in [-0.3, -0.25) is 0 Å². The maximum atomic E-state index is 5.74. The molecule has 0 amide bonds. The zero-order chi connectivity index (χ0) is 8.97. The molecule has 0 spiro atoms. The van der Waals surface area contributed by atoms with Gasteiger partial charge in [0.15, 0.2) is 0 Å². The van der Waals surface area contributed by atoms with Crippen LogP contribution in [0.25, 0.3) is 6.08 Å². The molecule has 0 saturated heterocycles. The molecule has 0 radical (unpaired) electrons. The quantitative estimate of drug-likeness (QED) is 0.521. The molecule has 12 heavy (non-hydrogen) atoms. The molecule has 0 atom stereocenters. The molecule has 2 N–H and O–H groups in total. The topological polar surface area (TPSA) is 26.0 Å².